The molecule has 32 heavy (non-hydrogen) atoms. The Morgan fingerprint density at radius 2 is 1.97 bits per heavy atom. The van der Waals surface area contributed by atoms with Crippen molar-refractivity contribution in [1.82, 2.24) is 9.78 Å². The van der Waals surface area contributed by atoms with E-state index in [1.54, 1.807) is 18.5 Å². The fraction of sp³-hybridized carbons (Fsp3) is 0.360. The van der Waals surface area contributed by atoms with Crippen LogP contribution in [0.3, 0.4) is 0 Å². The first-order valence-corrected chi connectivity index (χ1v) is 11.0. The lowest BCUT2D eigenvalue weighted by Gasteiger charge is -2.25. The number of Topliss-reactive ketones (excluding diaryl/α,β-unsaturated/α-hetero) is 1. The van der Waals surface area contributed by atoms with Gasteiger partial charge in [0.25, 0.3) is 0 Å². The average molecular weight is 455 g/mol. The monoisotopic (exact) mass is 454 g/mol. The summed E-state index contributed by atoms with van der Waals surface area (Å²) in [5, 5.41) is 5.33. The Bertz CT molecular complexity index is 1100. The average Bonchev–Trinajstić information content (AvgIpc) is 3.16. The van der Waals surface area contributed by atoms with Crippen molar-refractivity contribution in [3.63, 3.8) is 0 Å². The van der Waals surface area contributed by atoms with Gasteiger partial charge in [-0.3, -0.25) is 4.79 Å². The number of hydrogen-bond donors (Lipinski definition) is 0. The molecule has 168 valence electrons. The Labute approximate surface area is 193 Å². The third-order valence-electron chi connectivity index (χ3n) is 5.59. The molecule has 0 bridgehead atoms. The van der Waals surface area contributed by atoms with Crippen LogP contribution in [-0.4, -0.2) is 41.0 Å². The van der Waals surface area contributed by atoms with Crippen LogP contribution in [0.1, 0.15) is 26.5 Å². The van der Waals surface area contributed by atoms with Gasteiger partial charge in [0.15, 0.2) is 5.78 Å². The van der Waals surface area contributed by atoms with Crippen molar-refractivity contribution in [3.05, 3.63) is 65.3 Å². The Kier molecular flexibility index (Phi) is 6.65. The summed E-state index contributed by atoms with van der Waals surface area (Å²) < 4.78 is 18.9. The second-order valence-electron chi connectivity index (χ2n) is 8.48. The molecule has 3 aromatic rings. The normalized spacial score (nSPS) is 14.2. The lowest BCUT2D eigenvalue weighted by atomic mass is 10.1. The van der Waals surface area contributed by atoms with Crippen molar-refractivity contribution in [2.75, 3.05) is 19.8 Å². The van der Waals surface area contributed by atoms with Gasteiger partial charge in [0, 0.05) is 11.5 Å². The fourth-order valence-electron chi connectivity index (χ4n) is 3.21. The summed E-state index contributed by atoms with van der Waals surface area (Å²) in [5.41, 5.74) is 2.38. The van der Waals surface area contributed by atoms with E-state index < -0.39 is 5.60 Å². The van der Waals surface area contributed by atoms with Gasteiger partial charge in [-0.05, 0) is 51.1 Å². The van der Waals surface area contributed by atoms with Crippen LogP contribution in [0.4, 0.5) is 0 Å². The van der Waals surface area contributed by atoms with Crippen LogP contribution < -0.4 is 4.74 Å². The predicted octanol–water partition coefficient (Wildman–Crippen LogP) is 5.10. The molecule has 0 unspecified atom stereocenters. The van der Waals surface area contributed by atoms with E-state index in [-0.39, 0.29) is 12.4 Å². The number of ketones is 1. The molecule has 1 aliphatic heterocycles. The SMILES string of the molecule is CC(=O)C(C)(C)OCc1cc(-c2cccc(OCC3COC3)c2)n(-c2ccccc2Cl)n1. The van der Waals surface area contributed by atoms with E-state index in [4.69, 9.17) is 30.9 Å². The standard InChI is InChI=1S/C25H27ClN2O4/c1-17(29)25(2,3)32-16-20-12-24(28(27-20)23-10-5-4-9-22(23)26)19-7-6-8-21(11-19)31-15-18-13-30-14-18/h4-12,18H,13-16H2,1-3H3. The lowest BCUT2D eigenvalue weighted by molar-refractivity contribution is -0.139. The summed E-state index contributed by atoms with van der Waals surface area (Å²) in [6, 6.07) is 17.4. The van der Waals surface area contributed by atoms with Gasteiger partial charge < -0.3 is 14.2 Å². The number of hydrogen-bond acceptors (Lipinski definition) is 5. The molecular formula is C25H27ClN2O4. The summed E-state index contributed by atoms with van der Waals surface area (Å²) in [7, 11) is 0. The highest BCUT2D eigenvalue weighted by molar-refractivity contribution is 6.32. The Morgan fingerprint density at radius 3 is 2.66 bits per heavy atom. The Balaban J connectivity index is 1.66. The second kappa shape index (κ2) is 9.45. The minimum Gasteiger partial charge on any atom is -0.493 e. The highest BCUT2D eigenvalue weighted by Crippen LogP contribution is 2.30. The van der Waals surface area contributed by atoms with Gasteiger partial charge in [0.1, 0.15) is 11.4 Å². The predicted molar refractivity (Wildman–Crippen MR) is 123 cm³/mol. The number of carbonyl (C=O) groups excluding carboxylic acids is 1. The van der Waals surface area contributed by atoms with Crippen molar-refractivity contribution in [2.45, 2.75) is 33.0 Å². The van der Waals surface area contributed by atoms with E-state index in [1.807, 2.05) is 54.6 Å². The number of aromatic nitrogens is 2. The first-order valence-electron chi connectivity index (χ1n) is 10.6. The zero-order valence-corrected chi connectivity index (χ0v) is 19.3. The molecule has 0 spiro atoms. The van der Waals surface area contributed by atoms with Crippen molar-refractivity contribution < 1.29 is 19.0 Å². The molecule has 1 aliphatic rings. The Morgan fingerprint density at radius 1 is 1.19 bits per heavy atom. The van der Waals surface area contributed by atoms with E-state index in [0.717, 1.165) is 35.9 Å². The van der Waals surface area contributed by atoms with Crippen LogP contribution in [0.5, 0.6) is 5.75 Å². The van der Waals surface area contributed by atoms with Gasteiger partial charge in [-0.25, -0.2) is 4.68 Å². The second-order valence-corrected chi connectivity index (χ2v) is 8.89. The molecule has 2 aromatic carbocycles. The van der Waals surface area contributed by atoms with Crippen molar-refractivity contribution in [3.8, 4) is 22.7 Å². The number of benzene rings is 2. The van der Waals surface area contributed by atoms with Crippen LogP contribution in [0.2, 0.25) is 5.02 Å². The molecule has 4 rings (SSSR count). The third kappa shape index (κ3) is 5.04. The molecular weight excluding hydrogens is 428 g/mol. The molecule has 2 heterocycles. The van der Waals surface area contributed by atoms with Crippen LogP contribution >= 0.6 is 11.6 Å². The molecule has 0 saturated carbocycles. The highest BCUT2D eigenvalue weighted by atomic mass is 35.5. The molecule has 0 amide bonds. The minimum absolute atomic E-state index is 0.0371. The molecule has 0 radical (unpaired) electrons. The third-order valence-corrected chi connectivity index (χ3v) is 5.91. The van der Waals surface area contributed by atoms with Gasteiger partial charge in [0.2, 0.25) is 0 Å². The van der Waals surface area contributed by atoms with Crippen LogP contribution in [-0.2, 0) is 20.9 Å². The molecule has 6 nitrogen and oxygen atoms in total. The summed E-state index contributed by atoms with van der Waals surface area (Å²) in [6.07, 6.45) is 0. The van der Waals surface area contributed by atoms with E-state index >= 15 is 0 Å². The summed E-state index contributed by atoms with van der Waals surface area (Å²) in [5.74, 6) is 1.20. The van der Waals surface area contributed by atoms with Crippen molar-refractivity contribution in [1.29, 1.82) is 0 Å². The molecule has 7 heteroatoms. The summed E-state index contributed by atoms with van der Waals surface area (Å²) in [6.45, 7) is 7.37. The minimum atomic E-state index is -0.882. The molecule has 0 N–H and O–H groups in total. The fourth-order valence-corrected chi connectivity index (χ4v) is 3.43. The van der Waals surface area contributed by atoms with Gasteiger partial charge in [-0.2, -0.15) is 5.10 Å². The van der Waals surface area contributed by atoms with Crippen LogP contribution in [0, 0.1) is 5.92 Å². The maximum absolute atomic E-state index is 11.8. The lowest BCUT2D eigenvalue weighted by Crippen LogP contribution is -2.32. The van der Waals surface area contributed by atoms with Crippen LogP contribution in [0.15, 0.2) is 54.6 Å². The molecule has 1 saturated heterocycles. The van der Waals surface area contributed by atoms with Crippen molar-refractivity contribution >= 4 is 17.4 Å². The zero-order valence-electron chi connectivity index (χ0n) is 18.5. The highest BCUT2D eigenvalue weighted by Gasteiger charge is 2.25. The number of para-hydroxylation sites is 1. The smallest absolute Gasteiger partial charge is 0.161 e. The first-order chi connectivity index (χ1) is 15.3. The van der Waals surface area contributed by atoms with E-state index in [1.165, 1.54) is 6.92 Å². The number of carbonyl (C=O) groups is 1. The number of nitrogens with zero attached hydrogens (tertiary/aromatic N) is 2. The molecule has 1 aromatic heterocycles. The van der Waals surface area contributed by atoms with E-state index in [9.17, 15) is 4.79 Å². The summed E-state index contributed by atoms with van der Waals surface area (Å²) in [4.78, 5) is 11.8. The largest absolute Gasteiger partial charge is 0.493 e. The number of halogens is 1. The number of rotatable bonds is 9. The van der Waals surface area contributed by atoms with Gasteiger partial charge in [-0.1, -0.05) is 35.9 Å². The van der Waals surface area contributed by atoms with E-state index in [0.29, 0.717) is 23.2 Å². The molecule has 0 aliphatic carbocycles. The van der Waals surface area contributed by atoms with Gasteiger partial charge in [-0.15, -0.1) is 0 Å². The van der Waals surface area contributed by atoms with Gasteiger partial charge >= 0.3 is 0 Å². The zero-order chi connectivity index (χ0) is 22.7. The van der Waals surface area contributed by atoms with E-state index in [2.05, 4.69) is 0 Å². The maximum Gasteiger partial charge on any atom is 0.161 e. The molecule has 0 atom stereocenters. The van der Waals surface area contributed by atoms with Gasteiger partial charge in [0.05, 0.1) is 48.5 Å². The van der Waals surface area contributed by atoms with Crippen molar-refractivity contribution in [2.24, 2.45) is 5.92 Å². The summed E-state index contributed by atoms with van der Waals surface area (Å²) >= 11 is 6.48. The Hall–Kier alpha value is -2.67. The molecule has 1 fully saturated rings. The quantitative estimate of drug-likeness (QED) is 0.450. The van der Waals surface area contributed by atoms with Crippen LogP contribution in [0.25, 0.3) is 16.9 Å². The number of ether oxygens (including phenoxy) is 3. The topological polar surface area (TPSA) is 62.6 Å². The maximum atomic E-state index is 11.8. The first kappa shape index (κ1) is 22.5.